The lowest BCUT2D eigenvalue weighted by molar-refractivity contribution is 0.339. The molecule has 26 heavy (non-hydrogen) atoms. The van der Waals surface area contributed by atoms with Gasteiger partial charge in [0.1, 0.15) is 11.5 Å². The van der Waals surface area contributed by atoms with Crippen LogP contribution in [0.2, 0.25) is 5.28 Å². The lowest BCUT2D eigenvalue weighted by Gasteiger charge is -2.14. The van der Waals surface area contributed by atoms with Crippen LogP contribution >= 0.6 is 23.4 Å². The van der Waals surface area contributed by atoms with Crippen molar-refractivity contribution in [3.63, 3.8) is 0 Å². The van der Waals surface area contributed by atoms with Crippen molar-refractivity contribution in [2.45, 2.75) is 27.3 Å². The summed E-state index contributed by atoms with van der Waals surface area (Å²) in [7, 11) is 0. The van der Waals surface area contributed by atoms with Gasteiger partial charge in [-0.2, -0.15) is 11.8 Å². The van der Waals surface area contributed by atoms with Gasteiger partial charge in [-0.15, -0.1) is 0 Å². The second kappa shape index (κ2) is 8.23. The smallest absolute Gasteiger partial charge is 0.203 e. The number of halogens is 1. The van der Waals surface area contributed by atoms with Gasteiger partial charge in [-0.3, -0.25) is 0 Å². The fourth-order valence-electron chi connectivity index (χ4n) is 2.91. The van der Waals surface area contributed by atoms with Gasteiger partial charge < -0.3 is 14.4 Å². The summed E-state index contributed by atoms with van der Waals surface area (Å²) in [6, 6.07) is 9.89. The molecule has 2 aromatic carbocycles. The van der Waals surface area contributed by atoms with E-state index in [4.69, 9.17) is 16.3 Å². The summed E-state index contributed by atoms with van der Waals surface area (Å²) in [5, 5.41) is 10.5. The summed E-state index contributed by atoms with van der Waals surface area (Å²) >= 11 is 8.07. The van der Waals surface area contributed by atoms with Gasteiger partial charge in [0.2, 0.25) is 5.28 Å². The minimum absolute atomic E-state index is 0.355. The number of para-hydroxylation sites is 2. The van der Waals surface area contributed by atoms with Crippen LogP contribution < -0.4 is 4.74 Å². The third kappa shape index (κ3) is 3.94. The maximum absolute atomic E-state index is 9.96. The second-order valence-electron chi connectivity index (χ2n) is 6.27. The SMILES string of the molecule is Cc1cc(OCCSCCn2c(Cl)nc3ccccc32)c(C)c(C)c1O. The molecule has 0 atom stereocenters. The van der Waals surface area contributed by atoms with E-state index in [0.717, 1.165) is 51.5 Å². The van der Waals surface area contributed by atoms with Crippen molar-refractivity contribution in [3.05, 3.63) is 52.3 Å². The number of nitrogens with zero attached hydrogens (tertiary/aromatic N) is 2. The third-order valence-corrected chi connectivity index (χ3v) is 5.78. The van der Waals surface area contributed by atoms with Gasteiger partial charge in [0.25, 0.3) is 0 Å². The normalized spacial score (nSPS) is 11.2. The molecule has 4 nitrogen and oxygen atoms in total. The first-order valence-electron chi connectivity index (χ1n) is 8.60. The van der Waals surface area contributed by atoms with E-state index in [9.17, 15) is 5.11 Å². The Balaban J connectivity index is 1.49. The monoisotopic (exact) mass is 390 g/mol. The minimum Gasteiger partial charge on any atom is -0.507 e. The van der Waals surface area contributed by atoms with Crippen molar-refractivity contribution in [1.29, 1.82) is 0 Å². The summed E-state index contributed by atoms with van der Waals surface area (Å²) in [5.41, 5.74) is 4.72. The minimum atomic E-state index is 0.355. The van der Waals surface area contributed by atoms with Crippen LogP contribution in [-0.4, -0.2) is 32.8 Å². The zero-order chi connectivity index (χ0) is 18.7. The Labute approximate surface area is 163 Å². The van der Waals surface area contributed by atoms with Crippen LogP contribution in [0.4, 0.5) is 0 Å². The Hall–Kier alpha value is -1.85. The fraction of sp³-hybridized carbons (Fsp3) is 0.350. The predicted octanol–water partition coefficient (Wildman–Crippen LogP) is 5.13. The van der Waals surface area contributed by atoms with E-state index in [1.165, 1.54) is 0 Å². The van der Waals surface area contributed by atoms with Crippen molar-refractivity contribution in [3.8, 4) is 11.5 Å². The molecule has 0 aliphatic rings. The van der Waals surface area contributed by atoms with Crippen LogP contribution in [0.25, 0.3) is 11.0 Å². The van der Waals surface area contributed by atoms with Crippen molar-refractivity contribution >= 4 is 34.4 Å². The Bertz CT molecular complexity index is 924. The van der Waals surface area contributed by atoms with Crippen molar-refractivity contribution < 1.29 is 9.84 Å². The maximum Gasteiger partial charge on any atom is 0.203 e. The highest BCUT2D eigenvalue weighted by Crippen LogP contribution is 2.32. The van der Waals surface area contributed by atoms with Crippen LogP contribution in [0.15, 0.2) is 30.3 Å². The molecule has 0 amide bonds. The lowest BCUT2D eigenvalue weighted by Crippen LogP contribution is -2.06. The van der Waals surface area contributed by atoms with Gasteiger partial charge >= 0.3 is 0 Å². The van der Waals surface area contributed by atoms with Crippen LogP contribution in [0.5, 0.6) is 11.5 Å². The standard InChI is InChI=1S/C20H23ClN2O2S/c1-13-12-18(14(2)15(3)19(13)24)25-9-11-26-10-8-23-17-7-5-4-6-16(17)22-20(23)21/h4-7,12,24H,8-11H2,1-3H3. The van der Waals surface area contributed by atoms with E-state index in [1.807, 2.05) is 67.4 Å². The van der Waals surface area contributed by atoms with Gasteiger partial charge in [0, 0.05) is 18.1 Å². The number of thioether (sulfide) groups is 1. The Kier molecular flexibility index (Phi) is 5.99. The third-order valence-electron chi connectivity index (χ3n) is 4.56. The molecule has 0 aliphatic carbocycles. The molecule has 6 heteroatoms. The largest absolute Gasteiger partial charge is 0.507 e. The Morgan fingerprint density at radius 2 is 1.92 bits per heavy atom. The average molecular weight is 391 g/mol. The van der Waals surface area contributed by atoms with E-state index in [0.29, 0.717) is 17.6 Å². The topological polar surface area (TPSA) is 47.3 Å². The van der Waals surface area contributed by atoms with Crippen LogP contribution in [-0.2, 0) is 6.54 Å². The number of hydrogen-bond acceptors (Lipinski definition) is 4. The molecule has 3 aromatic rings. The zero-order valence-corrected chi connectivity index (χ0v) is 16.8. The number of phenolic OH excluding ortho intramolecular Hbond substituents is 1. The van der Waals surface area contributed by atoms with Gasteiger partial charge in [-0.25, -0.2) is 4.98 Å². The molecule has 1 aromatic heterocycles. The molecule has 0 unspecified atom stereocenters. The Morgan fingerprint density at radius 1 is 1.15 bits per heavy atom. The summed E-state index contributed by atoms with van der Waals surface area (Å²) < 4.78 is 7.95. The van der Waals surface area contributed by atoms with Gasteiger partial charge in [-0.1, -0.05) is 12.1 Å². The molecule has 1 heterocycles. The lowest BCUT2D eigenvalue weighted by atomic mass is 10.0. The van der Waals surface area contributed by atoms with Gasteiger partial charge in [0.15, 0.2) is 0 Å². The zero-order valence-electron chi connectivity index (χ0n) is 15.3. The number of rotatable bonds is 7. The number of aryl methyl sites for hydroxylation is 2. The number of phenols is 1. The number of benzene rings is 2. The molecule has 0 spiro atoms. The predicted molar refractivity (Wildman–Crippen MR) is 110 cm³/mol. The van der Waals surface area contributed by atoms with E-state index < -0.39 is 0 Å². The number of ether oxygens (including phenoxy) is 1. The van der Waals surface area contributed by atoms with Crippen molar-refractivity contribution in [2.75, 3.05) is 18.1 Å². The molecule has 0 radical (unpaired) electrons. The molecule has 0 fully saturated rings. The molecular formula is C20H23ClN2O2S. The van der Waals surface area contributed by atoms with Gasteiger partial charge in [0.05, 0.1) is 17.6 Å². The molecule has 0 saturated carbocycles. The Morgan fingerprint density at radius 3 is 2.73 bits per heavy atom. The van der Waals surface area contributed by atoms with Crippen molar-refractivity contribution in [1.82, 2.24) is 9.55 Å². The maximum atomic E-state index is 9.96. The van der Waals surface area contributed by atoms with E-state index in [1.54, 1.807) is 0 Å². The molecule has 0 aliphatic heterocycles. The highest BCUT2D eigenvalue weighted by Gasteiger charge is 2.10. The highest BCUT2D eigenvalue weighted by atomic mass is 35.5. The fourth-order valence-corrected chi connectivity index (χ4v) is 3.89. The molecule has 138 valence electrons. The number of hydrogen-bond donors (Lipinski definition) is 1. The number of imidazole rings is 1. The highest BCUT2D eigenvalue weighted by molar-refractivity contribution is 7.99. The molecule has 3 rings (SSSR count). The summed E-state index contributed by atoms with van der Waals surface area (Å²) in [6.07, 6.45) is 0. The molecule has 1 N–H and O–H groups in total. The van der Waals surface area contributed by atoms with Crippen molar-refractivity contribution in [2.24, 2.45) is 0 Å². The summed E-state index contributed by atoms with van der Waals surface area (Å²) in [4.78, 5) is 4.38. The van der Waals surface area contributed by atoms with Crippen LogP contribution in [0, 0.1) is 20.8 Å². The van der Waals surface area contributed by atoms with Crippen LogP contribution in [0.1, 0.15) is 16.7 Å². The average Bonchev–Trinajstić information content (AvgIpc) is 2.95. The first-order chi connectivity index (χ1) is 12.5. The summed E-state index contributed by atoms with van der Waals surface area (Å²) in [5.74, 6) is 3.04. The quantitative estimate of drug-likeness (QED) is 0.568. The number of aromatic nitrogens is 2. The molecule has 0 bridgehead atoms. The molecule has 0 saturated heterocycles. The number of aromatic hydroxyl groups is 1. The van der Waals surface area contributed by atoms with Crippen LogP contribution in [0.3, 0.4) is 0 Å². The second-order valence-corrected chi connectivity index (χ2v) is 7.84. The number of fused-ring (bicyclic) bond motifs is 1. The van der Waals surface area contributed by atoms with Gasteiger partial charge in [-0.05, 0) is 67.3 Å². The summed E-state index contributed by atoms with van der Waals surface area (Å²) in [6.45, 7) is 7.23. The molecular weight excluding hydrogens is 368 g/mol. The first-order valence-corrected chi connectivity index (χ1v) is 10.1. The van der Waals surface area contributed by atoms with E-state index >= 15 is 0 Å². The first kappa shape index (κ1) is 18.9. The van der Waals surface area contributed by atoms with E-state index in [-0.39, 0.29) is 0 Å². The van der Waals surface area contributed by atoms with E-state index in [2.05, 4.69) is 4.98 Å².